The number of hydrogen-bond donors (Lipinski definition) is 2. The number of hydrogen-bond acceptors (Lipinski definition) is 9. The van der Waals surface area contributed by atoms with E-state index in [0.717, 1.165) is 12.8 Å². The van der Waals surface area contributed by atoms with Gasteiger partial charge in [-0.15, -0.1) is 0 Å². The normalized spacial score (nSPS) is 16.5. The molecule has 0 aromatic heterocycles. The van der Waals surface area contributed by atoms with Crippen LogP contribution in [-0.2, 0) is 33.2 Å². The van der Waals surface area contributed by atoms with Crippen molar-refractivity contribution in [1.82, 2.24) is 5.32 Å². The van der Waals surface area contributed by atoms with Crippen LogP contribution in [0.5, 0.6) is 0 Å². The molecule has 0 saturated carbocycles. The molecule has 0 radical (unpaired) electrons. The second kappa shape index (κ2) is 15.2. The summed E-state index contributed by atoms with van der Waals surface area (Å²) in [5, 5.41) is 12.5. The first-order valence-corrected chi connectivity index (χ1v) is 11.8. The highest BCUT2D eigenvalue weighted by Gasteiger charge is 2.33. The predicted molar refractivity (Wildman–Crippen MR) is 127 cm³/mol. The molecule has 0 amide bonds. The Bertz CT molecular complexity index is 541. The lowest BCUT2D eigenvalue weighted by Gasteiger charge is -2.32. The SMILES string of the molecule is CCC(C)(CCOC(C)(C)C(=O)OCC(COC(C)C)NC(O)OC)OCCC(C)(C)OC. The van der Waals surface area contributed by atoms with Gasteiger partial charge in [-0.3, -0.25) is 5.32 Å². The third kappa shape index (κ3) is 14.2. The van der Waals surface area contributed by atoms with Gasteiger partial charge < -0.3 is 33.5 Å². The number of carbonyl (C=O) groups excluding carboxylic acids is 1. The van der Waals surface area contributed by atoms with E-state index in [4.69, 9.17) is 28.4 Å². The Morgan fingerprint density at radius 1 is 0.970 bits per heavy atom. The maximum atomic E-state index is 12.6. The van der Waals surface area contributed by atoms with Crippen molar-refractivity contribution in [3.8, 4) is 0 Å². The molecule has 0 aromatic rings. The van der Waals surface area contributed by atoms with E-state index in [9.17, 15) is 9.90 Å². The fraction of sp³-hybridized carbons (Fsp3) is 0.958. The number of rotatable bonds is 19. The summed E-state index contributed by atoms with van der Waals surface area (Å²) in [6, 6.07) is -0.435. The molecular formula is C24H49NO8. The Balaban J connectivity index is 4.66. The lowest BCUT2D eigenvalue weighted by molar-refractivity contribution is -0.173. The molecule has 0 aliphatic rings. The molecule has 0 fully saturated rings. The summed E-state index contributed by atoms with van der Waals surface area (Å²) >= 11 is 0. The van der Waals surface area contributed by atoms with Gasteiger partial charge in [-0.25, -0.2) is 4.79 Å². The minimum Gasteiger partial charge on any atom is -0.462 e. The molecule has 2 N–H and O–H groups in total. The molecule has 0 aromatic carbocycles. The smallest absolute Gasteiger partial charge is 0.337 e. The standard InChI is InChI=1S/C24H49NO8/c1-11-24(8,33-14-12-22(4,5)29-10)13-15-32-23(6,7)20(26)31-17-19(16-30-18(2)3)25-21(27)28-9/h18-19,21,25,27H,11-17H2,1-10H3. The quantitative estimate of drug-likeness (QED) is 0.214. The van der Waals surface area contributed by atoms with Gasteiger partial charge in [0.05, 0.1) is 43.2 Å². The van der Waals surface area contributed by atoms with Gasteiger partial charge in [0, 0.05) is 14.2 Å². The fourth-order valence-corrected chi connectivity index (χ4v) is 2.65. The van der Waals surface area contributed by atoms with Crippen LogP contribution in [0.25, 0.3) is 0 Å². The van der Waals surface area contributed by atoms with Gasteiger partial charge in [0.1, 0.15) is 6.61 Å². The van der Waals surface area contributed by atoms with Gasteiger partial charge in [0.15, 0.2) is 5.60 Å². The van der Waals surface area contributed by atoms with Gasteiger partial charge >= 0.3 is 5.97 Å². The summed E-state index contributed by atoms with van der Waals surface area (Å²) in [7, 11) is 3.07. The van der Waals surface area contributed by atoms with E-state index in [-0.39, 0.29) is 30.5 Å². The third-order valence-corrected chi connectivity index (χ3v) is 5.69. The summed E-state index contributed by atoms with van der Waals surface area (Å²) in [6.07, 6.45) is 1.06. The van der Waals surface area contributed by atoms with Gasteiger partial charge in [-0.2, -0.15) is 0 Å². The summed E-state index contributed by atoms with van der Waals surface area (Å²) in [6.45, 7) is 16.5. The highest BCUT2D eigenvalue weighted by molar-refractivity contribution is 5.78. The van der Waals surface area contributed by atoms with Crippen molar-refractivity contribution in [1.29, 1.82) is 0 Å². The largest absolute Gasteiger partial charge is 0.462 e. The van der Waals surface area contributed by atoms with Crippen LogP contribution in [0.2, 0.25) is 0 Å². The molecule has 3 atom stereocenters. The van der Waals surface area contributed by atoms with E-state index < -0.39 is 24.0 Å². The molecule has 0 rings (SSSR count). The Kier molecular flexibility index (Phi) is 14.9. The van der Waals surface area contributed by atoms with Crippen molar-refractivity contribution in [2.24, 2.45) is 0 Å². The fourth-order valence-electron chi connectivity index (χ4n) is 2.65. The first-order valence-electron chi connectivity index (χ1n) is 11.8. The van der Waals surface area contributed by atoms with Crippen LogP contribution in [0, 0.1) is 0 Å². The Morgan fingerprint density at radius 3 is 2.09 bits per heavy atom. The van der Waals surface area contributed by atoms with Crippen molar-refractivity contribution >= 4 is 5.97 Å². The maximum absolute atomic E-state index is 12.6. The predicted octanol–water partition coefficient (Wildman–Crippen LogP) is 3.02. The number of aliphatic hydroxyl groups is 1. The van der Waals surface area contributed by atoms with E-state index in [2.05, 4.69) is 12.2 Å². The second-order valence-electron chi connectivity index (χ2n) is 9.91. The molecule has 0 spiro atoms. The van der Waals surface area contributed by atoms with E-state index in [1.807, 2.05) is 34.6 Å². The number of ether oxygens (including phenoxy) is 6. The average molecular weight is 480 g/mol. The number of methoxy groups -OCH3 is 2. The molecular weight excluding hydrogens is 430 g/mol. The Labute approximate surface area is 200 Å². The number of nitrogens with one attached hydrogen (secondary N) is 1. The van der Waals surface area contributed by atoms with E-state index in [1.54, 1.807) is 21.0 Å². The van der Waals surface area contributed by atoms with Crippen molar-refractivity contribution < 1.29 is 38.3 Å². The highest BCUT2D eigenvalue weighted by atomic mass is 16.6. The van der Waals surface area contributed by atoms with Crippen LogP contribution in [0.4, 0.5) is 0 Å². The lowest BCUT2D eigenvalue weighted by Crippen LogP contribution is -2.47. The number of carbonyl (C=O) groups is 1. The molecule has 0 saturated heterocycles. The number of esters is 1. The van der Waals surface area contributed by atoms with Gasteiger partial charge in [0.2, 0.25) is 6.41 Å². The summed E-state index contributed by atoms with van der Waals surface area (Å²) < 4.78 is 33.3. The molecule has 0 aliphatic heterocycles. The van der Waals surface area contributed by atoms with E-state index >= 15 is 0 Å². The Morgan fingerprint density at radius 2 is 1.58 bits per heavy atom. The highest BCUT2D eigenvalue weighted by Crippen LogP contribution is 2.24. The van der Waals surface area contributed by atoms with Crippen molar-refractivity contribution in [3.05, 3.63) is 0 Å². The molecule has 0 heterocycles. The molecule has 0 bridgehead atoms. The first kappa shape index (κ1) is 32.2. The van der Waals surface area contributed by atoms with Crippen LogP contribution < -0.4 is 5.32 Å². The van der Waals surface area contributed by atoms with Gasteiger partial charge in [0.25, 0.3) is 0 Å². The average Bonchev–Trinajstić information content (AvgIpc) is 2.74. The van der Waals surface area contributed by atoms with Crippen LogP contribution in [0.1, 0.15) is 74.7 Å². The van der Waals surface area contributed by atoms with Crippen LogP contribution >= 0.6 is 0 Å². The van der Waals surface area contributed by atoms with Gasteiger partial charge in [-0.05, 0) is 67.7 Å². The van der Waals surface area contributed by atoms with E-state index in [0.29, 0.717) is 19.6 Å². The summed E-state index contributed by atoms with van der Waals surface area (Å²) in [4.78, 5) is 12.6. The van der Waals surface area contributed by atoms with Crippen molar-refractivity contribution in [2.75, 3.05) is 40.6 Å². The van der Waals surface area contributed by atoms with Gasteiger partial charge in [-0.1, -0.05) is 6.92 Å². The maximum Gasteiger partial charge on any atom is 0.337 e. The van der Waals surface area contributed by atoms with Crippen LogP contribution in [-0.4, -0.2) is 87.1 Å². The minimum atomic E-state index is -1.19. The van der Waals surface area contributed by atoms with E-state index in [1.165, 1.54) is 7.11 Å². The third-order valence-electron chi connectivity index (χ3n) is 5.69. The topological polar surface area (TPSA) is 105 Å². The first-order chi connectivity index (χ1) is 15.2. The molecule has 3 unspecified atom stereocenters. The molecule has 33 heavy (non-hydrogen) atoms. The lowest BCUT2D eigenvalue weighted by atomic mass is 9.98. The Hall–Kier alpha value is -0.810. The zero-order chi connectivity index (χ0) is 25.7. The van der Waals surface area contributed by atoms with Crippen LogP contribution in [0.15, 0.2) is 0 Å². The molecule has 0 aliphatic carbocycles. The molecule has 9 nitrogen and oxygen atoms in total. The summed E-state index contributed by atoms with van der Waals surface area (Å²) in [5.74, 6) is -0.494. The molecule has 198 valence electrons. The van der Waals surface area contributed by atoms with Crippen molar-refractivity contribution in [3.63, 3.8) is 0 Å². The minimum absolute atomic E-state index is 0.000120. The number of aliphatic hydroxyl groups excluding tert-OH is 1. The second-order valence-corrected chi connectivity index (χ2v) is 9.91. The monoisotopic (exact) mass is 479 g/mol. The summed E-state index contributed by atoms with van der Waals surface area (Å²) in [5.41, 5.74) is -1.72. The molecule has 9 heteroatoms. The zero-order valence-corrected chi connectivity index (χ0v) is 22.5. The zero-order valence-electron chi connectivity index (χ0n) is 22.5. The van der Waals surface area contributed by atoms with Crippen molar-refractivity contribution in [2.45, 2.75) is 110 Å². The van der Waals surface area contributed by atoms with Crippen LogP contribution in [0.3, 0.4) is 0 Å².